The van der Waals surface area contributed by atoms with Crippen LogP contribution in [0.2, 0.25) is 0 Å². The van der Waals surface area contributed by atoms with Gasteiger partial charge in [-0.1, -0.05) is 56.6 Å². The van der Waals surface area contributed by atoms with E-state index >= 15 is 0 Å². The minimum Gasteiger partial charge on any atom is -0.490 e. The van der Waals surface area contributed by atoms with E-state index in [-0.39, 0.29) is 19.4 Å². The van der Waals surface area contributed by atoms with E-state index in [0.717, 1.165) is 49.9 Å². The van der Waals surface area contributed by atoms with Crippen LogP contribution in [0.5, 0.6) is 5.75 Å². The van der Waals surface area contributed by atoms with Crippen LogP contribution >= 0.6 is 11.9 Å². The number of nitrogens with zero attached hydrogens (tertiary/aromatic N) is 4. The predicted octanol–water partition coefficient (Wildman–Crippen LogP) is 6.04. The van der Waals surface area contributed by atoms with Crippen molar-refractivity contribution in [1.29, 1.82) is 5.26 Å². The van der Waals surface area contributed by atoms with Gasteiger partial charge >= 0.3 is 0 Å². The standard InChI is InChI=1S/C21H19N3O2.C5H10N2OS.C2H6.CH4/c1-13(2)25-19-10-9-15(11-16(19)12-22)21-23-20(24-26-21)18-8-4-6-14-5-3-7-17(14)18;6-9-4-5(8)7-2-1-3-7;1-2;/h4,6,8-11,13H,3,5,7H2,1-2H3;1-4,6H2;1-2H3;1H4. The average molecular weight is 538 g/mol. The summed E-state index contributed by atoms with van der Waals surface area (Å²) >= 11 is 1.10. The van der Waals surface area contributed by atoms with Gasteiger partial charge < -0.3 is 14.2 Å². The van der Waals surface area contributed by atoms with Crippen molar-refractivity contribution in [2.24, 2.45) is 5.14 Å². The minimum atomic E-state index is 0. The maximum atomic E-state index is 10.9. The zero-order valence-corrected chi connectivity index (χ0v) is 22.8. The van der Waals surface area contributed by atoms with Crippen LogP contribution in [0.25, 0.3) is 22.8 Å². The van der Waals surface area contributed by atoms with E-state index in [1.807, 2.05) is 50.8 Å². The zero-order valence-electron chi connectivity index (χ0n) is 22.0. The third-order valence-electron chi connectivity index (χ3n) is 5.94. The van der Waals surface area contributed by atoms with Crippen LogP contribution in [-0.4, -0.2) is 45.9 Å². The van der Waals surface area contributed by atoms with E-state index in [1.165, 1.54) is 17.5 Å². The van der Waals surface area contributed by atoms with Gasteiger partial charge in [-0.2, -0.15) is 10.2 Å². The molecule has 0 spiro atoms. The first-order chi connectivity index (χ1) is 18.0. The van der Waals surface area contributed by atoms with Crippen molar-refractivity contribution in [1.82, 2.24) is 15.0 Å². The van der Waals surface area contributed by atoms with Gasteiger partial charge in [0.05, 0.1) is 17.4 Å². The number of carbonyl (C=O) groups is 1. The molecule has 1 amide bonds. The largest absolute Gasteiger partial charge is 0.490 e. The Labute approximate surface area is 230 Å². The van der Waals surface area contributed by atoms with Gasteiger partial charge in [-0.05, 0) is 68.9 Å². The first-order valence-corrected chi connectivity index (χ1v) is 13.8. The number of aromatic nitrogens is 2. The van der Waals surface area contributed by atoms with Gasteiger partial charge in [-0.3, -0.25) is 9.93 Å². The van der Waals surface area contributed by atoms with Gasteiger partial charge in [0, 0.05) is 24.2 Å². The molecule has 8 nitrogen and oxygen atoms in total. The number of fused-ring (bicyclic) bond motifs is 1. The number of ether oxygens (including phenoxy) is 1. The number of amides is 1. The molecule has 2 aromatic carbocycles. The van der Waals surface area contributed by atoms with Crippen molar-refractivity contribution in [2.45, 2.75) is 66.9 Å². The van der Waals surface area contributed by atoms with E-state index in [2.05, 4.69) is 22.3 Å². The lowest BCUT2D eigenvalue weighted by atomic mass is 10.0. The lowest BCUT2D eigenvalue weighted by molar-refractivity contribution is -0.131. The highest BCUT2D eigenvalue weighted by Crippen LogP contribution is 2.33. The molecule has 1 aliphatic heterocycles. The molecule has 2 N–H and O–H groups in total. The molecule has 9 heteroatoms. The van der Waals surface area contributed by atoms with Crippen LogP contribution in [-0.2, 0) is 17.6 Å². The van der Waals surface area contributed by atoms with Crippen LogP contribution in [0.4, 0.5) is 0 Å². The summed E-state index contributed by atoms with van der Waals surface area (Å²) in [5.41, 5.74) is 4.89. The summed E-state index contributed by atoms with van der Waals surface area (Å²) in [5.74, 6) is 2.17. The number of likely N-dealkylation sites (tertiary alicyclic amines) is 1. The third kappa shape index (κ3) is 7.59. The minimum absolute atomic E-state index is 0. The van der Waals surface area contributed by atoms with Crippen molar-refractivity contribution in [3.8, 4) is 34.7 Å². The maximum absolute atomic E-state index is 10.9. The monoisotopic (exact) mass is 537 g/mol. The summed E-state index contributed by atoms with van der Waals surface area (Å²) in [5, 5.41) is 18.7. The van der Waals surface area contributed by atoms with Crippen molar-refractivity contribution >= 4 is 17.9 Å². The third-order valence-corrected chi connectivity index (χ3v) is 6.35. The Morgan fingerprint density at radius 1 is 1.21 bits per heavy atom. The van der Waals surface area contributed by atoms with E-state index in [1.54, 1.807) is 12.1 Å². The summed E-state index contributed by atoms with van der Waals surface area (Å²) in [6.07, 6.45) is 4.48. The Kier molecular flexibility index (Phi) is 12.3. The van der Waals surface area contributed by atoms with Gasteiger partial charge in [-0.25, -0.2) is 0 Å². The van der Waals surface area contributed by atoms with Gasteiger partial charge in [0.1, 0.15) is 11.8 Å². The second kappa shape index (κ2) is 15.2. The summed E-state index contributed by atoms with van der Waals surface area (Å²) < 4.78 is 11.1. The molecule has 1 fully saturated rings. The fourth-order valence-electron chi connectivity index (χ4n) is 4.11. The highest BCUT2D eigenvalue weighted by atomic mass is 32.2. The molecule has 0 saturated carbocycles. The van der Waals surface area contributed by atoms with E-state index in [4.69, 9.17) is 14.4 Å². The van der Waals surface area contributed by atoms with Gasteiger partial charge in [0.25, 0.3) is 5.89 Å². The maximum Gasteiger partial charge on any atom is 0.258 e. The van der Waals surface area contributed by atoms with Crippen LogP contribution in [0, 0.1) is 11.3 Å². The van der Waals surface area contributed by atoms with Gasteiger partial charge in [0.2, 0.25) is 11.7 Å². The molecule has 1 aromatic heterocycles. The molecule has 0 atom stereocenters. The number of hydrogen-bond acceptors (Lipinski definition) is 8. The number of rotatable bonds is 6. The smallest absolute Gasteiger partial charge is 0.258 e. The highest BCUT2D eigenvalue weighted by Gasteiger charge is 2.20. The summed E-state index contributed by atoms with van der Waals surface area (Å²) in [6, 6.07) is 13.8. The van der Waals surface area contributed by atoms with Crippen molar-refractivity contribution < 1.29 is 14.1 Å². The van der Waals surface area contributed by atoms with Gasteiger partial charge in [-0.15, -0.1) is 0 Å². The zero-order chi connectivity index (χ0) is 26.8. The Hall–Kier alpha value is -3.35. The number of benzene rings is 2. The number of nitriles is 1. The fraction of sp³-hybridized carbons (Fsp3) is 0.448. The Balaban J connectivity index is 0.000000358. The molecule has 1 aliphatic carbocycles. The molecule has 0 bridgehead atoms. The van der Waals surface area contributed by atoms with Crippen molar-refractivity contribution in [2.75, 3.05) is 18.8 Å². The molecule has 0 radical (unpaired) electrons. The summed E-state index contributed by atoms with van der Waals surface area (Å²) in [6.45, 7) is 9.72. The van der Waals surface area contributed by atoms with E-state index < -0.39 is 0 Å². The molecule has 38 heavy (non-hydrogen) atoms. The molecular formula is C29H39N5O3S. The van der Waals surface area contributed by atoms with Gasteiger partial charge in [0.15, 0.2) is 0 Å². The normalized spacial score (nSPS) is 13.0. The van der Waals surface area contributed by atoms with E-state index in [9.17, 15) is 10.1 Å². The second-order valence-electron chi connectivity index (χ2n) is 8.75. The van der Waals surface area contributed by atoms with Crippen LogP contribution in [0.1, 0.15) is 64.7 Å². The summed E-state index contributed by atoms with van der Waals surface area (Å²) in [4.78, 5) is 17.2. The Bertz CT molecular complexity index is 1230. The average Bonchev–Trinajstić information content (AvgIpc) is 3.55. The van der Waals surface area contributed by atoms with Crippen LogP contribution in [0.3, 0.4) is 0 Å². The molecule has 1 saturated heterocycles. The van der Waals surface area contributed by atoms with E-state index in [0.29, 0.717) is 34.3 Å². The van der Waals surface area contributed by atoms with Crippen LogP contribution in [0.15, 0.2) is 40.9 Å². The number of hydrogen-bond donors (Lipinski definition) is 1. The lowest BCUT2D eigenvalue weighted by Crippen LogP contribution is -2.43. The molecule has 204 valence electrons. The number of nitrogens with two attached hydrogens (primary N) is 1. The predicted molar refractivity (Wildman–Crippen MR) is 154 cm³/mol. The molecule has 2 heterocycles. The lowest BCUT2D eigenvalue weighted by Gasteiger charge is -2.30. The Morgan fingerprint density at radius 3 is 2.61 bits per heavy atom. The number of aryl methyl sites for hydroxylation is 1. The summed E-state index contributed by atoms with van der Waals surface area (Å²) in [7, 11) is 0. The molecule has 5 rings (SSSR count). The quantitative estimate of drug-likeness (QED) is 0.378. The topological polar surface area (TPSA) is 118 Å². The molecule has 3 aromatic rings. The second-order valence-corrected chi connectivity index (χ2v) is 9.38. The van der Waals surface area contributed by atoms with Crippen LogP contribution < -0.4 is 9.88 Å². The SMILES string of the molecule is C.CC.CC(C)Oc1ccc(-c2nc(-c3cccc4c3CCC4)no2)cc1C#N.NSCC(=O)N1CCC1. The molecule has 0 unspecified atom stereocenters. The first kappa shape index (κ1) is 30.9. The molecular weight excluding hydrogens is 498 g/mol. The molecule has 2 aliphatic rings. The first-order valence-electron chi connectivity index (χ1n) is 12.8. The number of carbonyl (C=O) groups excluding carboxylic acids is 1. The Morgan fingerprint density at radius 2 is 1.97 bits per heavy atom. The van der Waals surface area contributed by atoms with Crippen molar-refractivity contribution in [3.63, 3.8) is 0 Å². The highest BCUT2D eigenvalue weighted by molar-refractivity contribution is 7.97. The fourth-order valence-corrected chi connectivity index (χ4v) is 4.44. The van der Waals surface area contributed by atoms with Crippen molar-refractivity contribution in [3.05, 3.63) is 53.1 Å².